The molecule has 2 aliphatic carbocycles. The average Bonchev–Trinajstić information content (AvgIpc) is 3.09. The van der Waals surface area contributed by atoms with E-state index in [4.69, 9.17) is 0 Å². The van der Waals surface area contributed by atoms with Crippen molar-refractivity contribution in [3.05, 3.63) is 118 Å². The second-order valence-corrected chi connectivity index (χ2v) is 8.83. The van der Waals surface area contributed by atoms with Gasteiger partial charge in [-0.1, -0.05) is 91.0 Å². The number of hydrogen-bond donors (Lipinski definition) is 0. The predicted molar refractivity (Wildman–Crippen MR) is 121 cm³/mol. The first kappa shape index (κ1) is 19.4. The van der Waals surface area contributed by atoms with Gasteiger partial charge in [0, 0.05) is 4.92 Å². The third kappa shape index (κ3) is 2.45. The second kappa shape index (κ2) is 6.74. The Bertz CT molecular complexity index is 1200. The Kier molecular flexibility index (Phi) is 4.23. The molecule has 0 spiro atoms. The zero-order valence-electron chi connectivity index (χ0n) is 17.5. The van der Waals surface area contributed by atoms with Gasteiger partial charge >= 0.3 is 0 Å². The minimum absolute atomic E-state index is 0.0618. The van der Waals surface area contributed by atoms with E-state index in [-0.39, 0.29) is 10.7 Å². The van der Waals surface area contributed by atoms with Gasteiger partial charge in [-0.2, -0.15) is 0 Å². The van der Waals surface area contributed by atoms with Gasteiger partial charge in [0.1, 0.15) is 5.41 Å². The Morgan fingerprint density at radius 2 is 1.13 bits per heavy atom. The number of carbonyl (C=O) groups is 1. The van der Waals surface area contributed by atoms with Gasteiger partial charge in [-0.15, -0.1) is 0 Å². The molecule has 0 amide bonds. The fraction of sp³-hybridized carbons (Fsp3) is 0.222. The zero-order chi connectivity index (χ0) is 21.8. The molecule has 1 fully saturated rings. The van der Waals surface area contributed by atoms with Crippen LogP contribution >= 0.6 is 0 Å². The van der Waals surface area contributed by atoms with Gasteiger partial charge in [-0.25, -0.2) is 0 Å². The largest absolute Gasteiger partial charge is 0.297 e. The molecule has 2 bridgehead atoms. The normalized spacial score (nSPS) is 29.4. The van der Waals surface area contributed by atoms with Crippen LogP contribution in [-0.4, -0.2) is 16.7 Å². The molecule has 5 rings (SSSR count). The number of fused-ring (bicyclic) bond motifs is 2. The van der Waals surface area contributed by atoms with Gasteiger partial charge < -0.3 is 0 Å². The molecular weight excluding hydrogens is 386 g/mol. The highest BCUT2D eigenvalue weighted by Gasteiger charge is 2.77. The number of rotatable bonds is 4. The van der Waals surface area contributed by atoms with Crippen molar-refractivity contribution >= 4 is 16.9 Å². The molecule has 154 valence electrons. The highest BCUT2D eigenvalue weighted by molar-refractivity contribution is 6.23. The standard InChI is InChI=1S/C27H23NO3/c1-26-21(18-12-6-3-7-13-18)22(19-14-8-4-9-15-19)27(2,25(26)29)24(28(30)31)23(26)20-16-10-5-11-17-20/h3-17,23-24H,1-2H3/t23-,24-,26+,27-/m0/s1. The van der Waals surface area contributed by atoms with Gasteiger partial charge in [0.25, 0.3) is 0 Å². The van der Waals surface area contributed by atoms with Crippen LogP contribution in [0.1, 0.15) is 36.5 Å². The van der Waals surface area contributed by atoms with Gasteiger partial charge in [0.05, 0.1) is 11.3 Å². The maximum Gasteiger partial charge on any atom is 0.237 e. The summed E-state index contributed by atoms with van der Waals surface area (Å²) < 4.78 is 0. The molecule has 0 radical (unpaired) electrons. The fourth-order valence-electron chi connectivity index (χ4n) is 6.12. The van der Waals surface area contributed by atoms with Gasteiger partial charge in [0.2, 0.25) is 6.04 Å². The molecule has 4 heteroatoms. The van der Waals surface area contributed by atoms with Crippen molar-refractivity contribution in [2.45, 2.75) is 25.8 Å². The minimum Gasteiger partial charge on any atom is -0.297 e. The van der Waals surface area contributed by atoms with Crippen LogP contribution in [0, 0.1) is 20.9 Å². The molecule has 4 atom stereocenters. The van der Waals surface area contributed by atoms with E-state index in [0.717, 1.165) is 27.8 Å². The number of hydrogen-bond acceptors (Lipinski definition) is 3. The molecule has 3 aromatic rings. The number of allylic oxidation sites excluding steroid dienone is 1. The summed E-state index contributed by atoms with van der Waals surface area (Å²) in [7, 11) is 0. The Morgan fingerprint density at radius 1 is 0.710 bits per heavy atom. The molecule has 0 aromatic heterocycles. The smallest absolute Gasteiger partial charge is 0.237 e. The zero-order valence-corrected chi connectivity index (χ0v) is 17.5. The molecule has 0 unspecified atom stereocenters. The first-order chi connectivity index (χ1) is 14.9. The summed E-state index contributed by atoms with van der Waals surface area (Å²) in [5, 5.41) is 12.5. The van der Waals surface area contributed by atoms with E-state index in [1.54, 1.807) is 6.92 Å². The molecule has 2 aliphatic rings. The van der Waals surface area contributed by atoms with Crippen LogP contribution in [0.4, 0.5) is 0 Å². The van der Waals surface area contributed by atoms with E-state index in [0.29, 0.717) is 0 Å². The molecule has 1 saturated carbocycles. The number of ketones is 1. The molecule has 3 aromatic carbocycles. The Morgan fingerprint density at radius 3 is 1.58 bits per heavy atom. The van der Waals surface area contributed by atoms with Gasteiger partial charge in [-0.05, 0) is 41.7 Å². The van der Waals surface area contributed by atoms with E-state index in [1.807, 2.05) is 97.9 Å². The topological polar surface area (TPSA) is 60.2 Å². The van der Waals surface area contributed by atoms with Crippen LogP contribution in [-0.2, 0) is 4.79 Å². The lowest BCUT2D eigenvalue weighted by molar-refractivity contribution is -0.536. The van der Waals surface area contributed by atoms with Crippen LogP contribution in [0.25, 0.3) is 11.1 Å². The van der Waals surface area contributed by atoms with Crippen molar-refractivity contribution in [1.82, 2.24) is 0 Å². The monoisotopic (exact) mass is 409 g/mol. The van der Waals surface area contributed by atoms with E-state index in [2.05, 4.69) is 0 Å². The van der Waals surface area contributed by atoms with Crippen LogP contribution < -0.4 is 0 Å². The Labute approximate surface area is 181 Å². The predicted octanol–water partition coefficient (Wildman–Crippen LogP) is 5.64. The van der Waals surface area contributed by atoms with E-state index in [1.165, 1.54) is 0 Å². The maximum absolute atomic E-state index is 14.1. The average molecular weight is 409 g/mol. The number of benzene rings is 3. The van der Waals surface area contributed by atoms with E-state index in [9.17, 15) is 14.9 Å². The van der Waals surface area contributed by atoms with Crippen molar-refractivity contribution in [2.24, 2.45) is 10.8 Å². The lowest BCUT2D eigenvalue weighted by Gasteiger charge is -2.37. The first-order valence-corrected chi connectivity index (χ1v) is 10.5. The molecule has 4 nitrogen and oxygen atoms in total. The molecule has 31 heavy (non-hydrogen) atoms. The summed E-state index contributed by atoms with van der Waals surface area (Å²) in [6.45, 7) is 3.69. The number of carbonyl (C=O) groups excluding carboxylic acids is 1. The van der Waals surface area contributed by atoms with Crippen LogP contribution in [0.2, 0.25) is 0 Å². The van der Waals surface area contributed by atoms with Crippen LogP contribution in [0.5, 0.6) is 0 Å². The second-order valence-electron chi connectivity index (χ2n) is 8.83. The summed E-state index contributed by atoms with van der Waals surface area (Å²) >= 11 is 0. The number of nitrogens with zero attached hydrogens (tertiary/aromatic N) is 1. The Balaban J connectivity index is 1.90. The van der Waals surface area contributed by atoms with Crippen molar-refractivity contribution in [1.29, 1.82) is 0 Å². The molecule has 0 heterocycles. The molecular formula is C27H23NO3. The fourth-order valence-corrected chi connectivity index (χ4v) is 6.12. The summed E-state index contributed by atoms with van der Waals surface area (Å²) in [6, 6.07) is 28.0. The van der Waals surface area contributed by atoms with Gasteiger partial charge in [0.15, 0.2) is 5.78 Å². The van der Waals surface area contributed by atoms with Crippen molar-refractivity contribution in [3.63, 3.8) is 0 Å². The summed E-state index contributed by atoms with van der Waals surface area (Å²) in [6.07, 6.45) is 0. The number of nitro groups is 1. The third-order valence-electron chi connectivity index (χ3n) is 7.27. The van der Waals surface area contributed by atoms with Gasteiger partial charge in [-0.3, -0.25) is 14.9 Å². The van der Waals surface area contributed by atoms with E-state index >= 15 is 0 Å². The van der Waals surface area contributed by atoms with Crippen LogP contribution in [0.3, 0.4) is 0 Å². The SMILES string of the molecule is C[C@]12C(=O)[C@](C)(C(c3ccccc3)=C1c1ccccc1)[C@@H](c1ccccc1)[C@@H]2[N+](=O)[O-]. The van der Waals surface area contributed by atoms with E-state index < -0.39 is 22.8 Å². The highest BCUT2D eigenvalue weighted by Crippen LogP contribution is 2.72. The summed E-state index contributed by atoms with van der Waals surface area (Å²) in [5.41, 5.74) is 2.15. The maximum atomic E-state index is 14.1. The van der Waals surface area contributed by atoms with Crippen LogP contribution in [0.15, 0.2) is 91.0 Å². The number of Topliss-reactive ketones (excluding diaryl/α,β-unsaturated/α-hetero) is 1. The van der Waals surface area contributed by atoms with Crippen molar-refractivity contribution in [3.8, 4) is 0 Å². The van der Waals surface area contributed by atoms with Crippen molar-refractivity contribution in [2.75, 3.05) is 0 Å². The minimum atomic E-state index is -1.22. The van der Waals surface area contributed by atoms with Crippen molar-refractivity contribution < 1.29 is 9.72 Å². The Hall–Kier alpha value is -3.53. The molecule has 0 N–H and O–H groups in total. The summed E-state index contributed by atoms with van der Waals surface area (Å²) in [5.74, 6) is -0.600. The quantitative estimate of drug-likeness (QED) is 0.414. The first-order valence-electron chi connectivity index (χ1n) is 10.5. The lowest BCUT2D eigenvalue weighted by atomic mass is 9.63. The third-order valence-corrected chi connectivity index (χ3v) is 7.27. The summed E-state index contributed by atoms with van der Waals surface area (Å²) in [4.78, 5) is 26.4. The lowest BCUT2D eigenvalue weighted by Crippen LogP contribution is -2.42. The highest BCUT2D eigenvalue weighted by atomic mass is 16.6. The molecule has 0 saturated heterocycles. The molecule has 0 aliphatic heterocycles.